The van der Waals surface area contributed by atoms with Crippen LogP contribution in [0.1, 0.15) is 5.56 Å². The number of pyridine rings is 1. The van der Waals surface area contributed by atoms with Crippen molar-refractivity contribution in [2.24, 2.45) is 5.84 Å². The highest BCUT2D eigenvalue weighted by Crippen LogP contribution is 2.23. The van der Waals surface area contributed by atoms with Crippen molar-refractivity contribution in [3.63, 3.8) is 0 Å². The van der Waals surface area contributed by atoms with Gasteiger partial charge in [-0.05, 0) is 17.7 Å². The number of methoxy groups -OCH3 is 1. The van der Waals surface area contributed by atoms with Gasteiger partial charge >= 0.3 is 0 Å². The Balaban J connectivity index is 2.25. The number of halogens is 2. The zero-order valence-electron chi connectivity index (χ0n) is 11.7. The van der Waals surface area contributed by atoms with E-state index in [9.17, 15) is 8.78 Å². The maximum atomic E-state index is 13.8. The third-order valence-electron chi connectivity index (χ3n) is 2.96. The Morgan fingerprint density at radius 1 is 1.29 bits per heavy atom. The van der Waals surface area contributed by atoms with Crippen molar-refractivity contribution >= 4 is 11.6 Å². The average molecular weight is 294 g/mol. The van der Waals surface area contributed by atoms with E-state index in [0.29, 0.717) is 12.3 Å². The van der Waals surface area contributed by atoms with Crippen LogP contribution in [0.2, 0.25) is 0 Å². The number of aromatic nitrogens is 1. The molecule has 0 atom stereocenters. The van der Waals surface area contributed by atoms with Gasteiger partial charge < -0.3 is 15.1 Å². The number of hydrogen-bond acceptors (Lipinski definition) is 5. The Hall–Kier alpha value is -2.41. The first-order valence-electron chi connectivity index (χ1n) is 6.22. The lowest BCUT2D eigenvalue weighted by atomic mass is 10.2. The number of nitrogen functional groups attached to an aromatic ring is 1. The van der Waals surface area contributed by atoms with E-state index in [1.165, 1.54) is 0 Å². The Bertz CT molecular complexity index is 636. The predicted molar refractivity (Wildman–Crippen MR) is 77.1 cm³/mol. The van der Waals surface area contributed by atoms with Crippen LogP contribution in [0.25, 0.3) is 0 Å². The summed E-state index contributed by atoms with van der Waals surface area (Å²) in [5.74, 6) is 4.07. The van der Waals surface area contributed by atoms with Gasteiger partial charge in [-0.3, -0.25) is 0 Å². The normalized spacial score (nSPS) is 10.3. The van der Waals surface area contributed by atoms with Crippen molar-refractivity contribution in [3.05, 3.63) is 47.5 Å². The fraction of sp³-hybridized carbons (Fsp3) is 0.214. The number of hydrogen-bond donors (Lipinski definition) is 2. The second-order valence-corrected chi connectivity index (χ2v) is 4.48. The third kappa shape index (κ3) is 3.38. The van der Waals surface area contributed by atoms with Gasteiger partial charge in [0, 0.05) is 19.7 Å². The predicted octanol–water partition coefficient (Wildman–Crippen LogP) is 2.29. The quantitative estimate of drug-likeness (QED) is 0.654. The summed E-state index contributed by atoms with van der Waals surface area (Å²) in [5.41, 5.74) is 3.01. The van der Waals surface area contributed by atoms with Crippen LogP contribution in [-0.2, 0) is 6.54 Å². The summed E-state index contributed by atoms with van der Waals surface area (Å²) in [6.45, 7) is 0.386. The molecule has 1 aromatic carbocycles. The lowest BCUT2D eigenvalue weighted by Gasteiger charge is -2.20. The summed E-state index contributed by atoms with van der Waals surface area (Å²) in [5, 5.41) is 0. The second-order valence-electron chi connectivity index (χ2n) is 4.48. The number of nitrogens with one attached hydrogen (secondary N) is 1. The lowest BCUT2D eigenvalue weighted by Crippen LogP contribution is -2.21. The second kappa shape index (κ2) is 6.36. The number of nitrogens with two attached hydrogens (primary N) is 1. The molecule has 0 spiro atoms. The summed E-state index contributed by atoms with van der Waals surface area (Å²) in [7, 11) is 3.23. The Kier molecular flexibility index (Phi) is 4.54. The van der Waals surface area contributed by atoms with Crippen molar-refractivity contribution in [2.75, 3.05) is 24.5 Å². The summed E-state index contributed by atoms with van der Waals surface area (Å²) < 4.78 is 32.3. The van der Waals surface area contributed by atoms with E-state index in [4.69, 9.17) is 10.6 Å². The molecule has 0 bridgehead atoms. The zero-order chi connectivity index (χ0) is 15.4. The third-order valence-corrected chi connectivity index (χ3v) is 2.96. The topological polar surface area (TPSA) is 63.4 Å². The van der Waals surface area contributed by atoms with Gasteiger partial charge in [0.05, 0.1) is 7.11 Å². The molecule has 0 radical (unpaired) electrons. The first-order chi connectivity index (χ1) is 10.0. The Morgan fingerprint density at radius 3 is 2.71 bits per heavy atom. The molecule has 7 heteroatoms. The molecule has 1 heterocycles. The van der Waals surface area contributed by atoms with E-state index >= 15 is 0 Å². The smallest absolute Gasteiger partial charge is 0.178 e. The van der Waals surface area contributed by atoms with Gasteiger partial charge in [0.2, 0.25) is 0 Å². The number of ether oxygens (including phenoxy) is 1. The number of hydrazine groups is 1. The molecule has 3 N–H and O–H groups in total. The highest BCUT2D eigenvalue weighted by atomic mass is 19.1. The summed E-state index contributed by atoms with van der Waals surface area (Å²) in [4.78, 5) is 5.40. The summed E-state index contributed by atoms with van der Waals surface area (Å²) in [6.07, 6.45) is 0. The number of nitrogens with zero attached hydrogens (tertiary/aromatic N) is 2. The van der Waals surface area contributed by atoms with E-state index in [2.05, 4.69) is 10.4 Å². The molecule has 0 saturated carbocycles. The maximum Gasteiger partial charge on any atom is 0.178 e. The first kappa shape index (κ1) is 15.0. The number of benzene rings is 1. The first-order valence-corrected chi connectivity index (χ1v) is 6.22. The Labute approximate surface area is 121 Å². The van der Waals surface area contributed by atoms with Crippen LogP contribution in [0.4, 0.5) is 20.4 Å². The highest BCUT2D eigenvalue weighted by molar-refractivity contribution is 5.49. The minimum Gasteiger partial charge on any atom is -0.497 e. The highest BCUT2D eigenvalue weighted by Gasteiger charge is 2.15. The number of rotatable bonds is 5. The van der Waals surface area contributed by atoms with Crippen LogP contribution < -0.4 is 20.9 Å². The molecule has 2 aromatic rings. The molecule has 0 saturated heterocycles. The maximum absolute atomic E-state index is 13.8. The van der Waals surface area contributed by atoms with Crippen LogP contribution in [0, 0.1) is 11.6 Å². The van der Waals surface area contributed by atoms with E-state index in [1.807, 2.05) is 24.3 Å². The van der Waals surface area contributed by atoms with Crippen molar-refractivity contribution in [1.29, 1.82) is 0 Å². The molecule has 0 amide bonds. The fourth-order valence-corrected chi connectivity index (χ4v) is 1.95. The fourth-order valence-electron chi connectivity index (χ4n) is 1.95. The SMILES string of the molecule is COc1cccc(CN(C)c2nc(NN)c(F)cc2F)c1. The van der Waals surface area contributed by atoms with Gasteiger partial charge in [0.1, 0.15) is 5.75 Å². The van der Waals surface area contributed by atoms with Crippen LogP contribution in [0.5, 0.6) is 5.75 Å². The van der Waals surface area contributed by atoms with Crippen LogP contribution in [0.15, 0.2) is 30.3 Å². The summed E-state index contributed by atoms with van der Waals surface area (Å²) in [6, 6.07) is 8.11. The summed E-state index contributed by atoms with van der Waals surface area (Å²) >= 11 is 0. The minimum atomic E-state index is -0.839. The standard InChI is InChI=1S/C14H16F2N4O/c1-20(8-9-4-3-5-10(6-9)21-2)14-12(16)7-11(15)13(18-14)19-17/h3-7H,8,17H2,1-2H3,(H,18,19). The van der Waals surface area contributed by atoms with E-state index in [-0.39, 0.29) is 11.6 Å². The zero-order valence-corrected chi connectivity index (χ0v) is 11.7. The van der Waals surface area contributed by atoms with Crippen LogP contribution >= 0.6 is 0 Å². The van der Waals surface area contributed by atoms with Crippen molar-refractivity contribution in [3.8, 4) is 5.75 Å². The van der Waals surface area contributed by atoms with Crippen LogP contribution in [-0.4, -0.2) is 19.1 Å². The van der Waals surface area contributed by atoms with E-state index in [1.54, 1.807) is 19.1 Å². The molecule has 0 aliphatic heterocycles. The average Bonchev–Trinajstić information content (AvgIpc) is 2.47. The largest absolute Gasteiger partial charge is 0.497 e. The van der Waals surface area contributed by atoms with E-state index < -0.39 is 11.6 Å². The van der Waals surface area contributed by atoms with Gasteiger partial charge in [-0.2, -0.15) is 0 Å². The van der Waals surface area contributed by atoms with E-state index in [0.717, 1.165) is 11.6 Å². The Morgan fingerprint density at radius 2 is 2.05 bits per heavy atom. The van der Waals surface area contributed by atoms with Gasteiger partial charge in [-0.25, -0.2) is 19.6 Å². The van der Waals surface area contributed by atoms with Crippen LogP contribution in [0.3, 0.4) is 0 Å². The monoisotopic (exact) mass is 294 g/mol. The molecule has 0 fully saturated rings. The van der Waals surface area contributed by atoms with Crippen molar-refractivity contribution in [1.82, 2.24) is 4.98 Å². The van der Waals surface area contributed by atoms with Gasteiger partial charge in [-0.15, -0.1) is 0 Å². The molecule has 0 unspecified atom stereocenters. The van der Waals surface area contributed by atoms with Crippen molar-refractivity contribution in [2.45, 2.75) is 6.54 Å². The molecule has 1 aromatic heterocycles. The molecule has 2 rings (SSSR count). The molecule has 21 heavy (non-hydrogen) atoms. The molecule has 0 aliphatic carbocycles. The minimum absolute atomic E-state index is 0.00664. The van der Waals surface area contributed by atoms with Gasteiger partial charge in [-0.1, -0.05) is 12.1 Å². The molecule has 0 aliphatic rings. The molecule has 5 nitrogen and oxygen atoms in total. The van der Waals surface area contributed by atoms with Gasteiger partial charge in [0.25, 0.3) is 0 Å². The molecular weight excluding hydrogens is 278 g/mol. The number of anilines is 2. The molecular formula is C14H16F2N4O. The van der Waals surface area contributed by atoms with Crippen molar-refractivity contribution < 1.29 is 13.5 Å². The lowest BCUT2D eigenvalue weighted by molar-refractivity contribution is 0.414. The van der Waals surface area contributed by atoms with Gasteiger partial charge in [0.15, 0.2) is 23.3 Å². The molecule has 112 valence electrons.